The monoisotopic (exact) mass is 93.1 g/mol. The molecule has 7 heavy (non-hydrogen) atoms. The zero-order valence-electron chi connectivity index (χ0n) is 3.96. The number of fused-ring (bicyclic) bond motifs is 1. The molecular weight excluding hydrogens is 86.1 g/mol. The van der Waals surface area contributed by atoms with Crippen LogP contribution in [0.15, 0.2) is 24.3 Å². The number of hydrogen-bond acceptors (Lipinski definition) is 1. The number of nitrogens with one attached hydrogen (secondary N) is 1. The fraction of sp³-hybridized carbons (Fsp3) is 0.333. The summed E-state index contributed by atoms with van der Waals surface area (Å²) in [6.45, 7) is 0. The second kappa shape index (κ2) is 0.984. The molecule has 0 aromatic heterocycles. The molecule has 1 saturated heterocycles. The maximum absolute atomic E-state index is 3.26. The van der Waals surface area contributed by atoms with Crippen molar-refractivity contribution in [2.24, 2.45) is 0 Å². The molecule has 0 unspecified atom stereocenters. The summed E-state index contributed by atoms with van der Waals surface area (Å²) in [6, 6.07) is 1.37. The van der Waals surface area contributed by atoms with Crippen LogP contribution < -0.4 is 5.32 Å². The van der Waals surface area contributed by atoms with Gasteiger partial charge in [0.2, 0.25) is 0 Å². The van der Waals surface area contributed by atoms with Crippen molar-refractivity contribution < 1.29 is 0 Å². The first-order chi connectivity index (χ1) is 3.47. The Hall–Kier alpha value is -0.560. The van der Waals surface area contributed by atoms with E-state index in [1.165, 1.54) is 0 Å². The van der Waals surface area contributed by atoms with Crippen LogP contribution in [0.2, 0.25) is 0 Å². The summed E-state index contributed by atoms with van der Waals surface area (Å²) >= 11 is 0. The summed E-state index contributed by atoms with van der Waals surface area (Å²) in [5.41, 5.74) is 0. The molecule has 0 aromatic carbocycles. The topological polar surface area (TPSA) is 21.9 Å². The second-order valence-corrected chi connectivity index (χ2v) is 1.99. The Morgan fingerprint density at radius 2 is 1.57 bits per heavy atom. The van der Waals surface area contributed by atoms with Gasteiger partial charge in [-0.25, -0.2) is 0 Å². The average Bonchev–Trinajstić information content (AvgIpc) is 2.41. The van der Waals surface area contributed by atoms with Crippen LogP contribution in [0, 0.1) is 0 Å². The molecule has 2 rings (SSSR count). The van der Waals surface area contributed by atoms with Gasteiger partial charge in [-0.2, -0.15) is 0 Å². The maximum Gasteiger partial charge on any atom is 0.0450 e. The minimum atomic E-state index is 0.685. The molecular formula is C6H7N. The van der Waals surface area contributed by atoms with Gasteiger partial charge in [0.25, 0.3) is 0 Å². The fourth-order valence-electron chi connectivity index (χ4n) is 0.885. The molecule has 1 heteroatoms. The van der Waals surface area contributed by atoms with E-state index in [9.17, 15) is 0 Å². The van der Waals surface area contributed by atoms with E-state index in [1.54, 1.807) is 0 Å². The van der Waals surface area contributed by atoms with Crippen molar-refractivity contribution in [1.29, 1.82) is 0 Å². The number of allylic oxidation sites excluding steroid dienone is 2. The quantitative estimate of drug-likeness (QED) is 0.431. The Morgan fingerprint density at radius 3 is 2.00 bits per heavy atom. The number of rotatable bonds is 0. The molecule has 1 fully saturated rings. The molecule has 0 spiro atoms. The summed E-state index contributed by atoms with van der Waals surface area (Å²) in [6.07, 6.45) is 8.54. The third-order valence-corrected chi connectivity index (χ3v) is 1.41. The first kappa shape index (κ1) is 3.44. The van der Waals surface area contributed by atoms with E-state index < -0.39 is 0 Å². The standard InChI is InChI=1S/C6H7N/c1-2-4-6-5(3-1)7-6/h1-7H/t5-,6+. The lowest BCUT2D eigenvalue weighted by Crippen LogP contribution is -1.86. The summed E-state index contributed by atoms with van der Waals surface area (Å²) in [4.78, 5) is 0. The zero-order chi connectivity index (χ0) is 4.69. The van der Waals surface area contributed by atoms with Crippen molar-refractivity contribution in [2.45, 2.75) is 12.1 Å². The highest BCUT2D eigenvalue weighted by Gasteiger charge is 2.31. The molecule has 1 aliphatic carbocycles. The molecule has 2 atom stereocenters. The molecule has 0 radical (unpaired) electrons. The molecule has 1 heterocycles. The van der Waals surface area contributed by atoms with E-state index in [0.717, 1.165) is 0 Å². The first-order valence-electron chi connectivity index (χ1n) is 2.58. The van der Waals surface area contributed by atoms with Gasteiger partial charge in [-0.1, -0.05) is 24.3 Å². The molecule has 0 amide bonds. The summed E-state index contributed by atoms with van der Waals surface area (Å²) in [5, 5.41) is 3.26. The van der Waals surface area contributed by atoms with E-state index in [4.69, 9.17) is 0 Å². The SMILES string of the molecule is C1=C[C@@H]2N[C@@H]2C=C1. The minimum Gasteiger partial charge on any atom is -0.301 e. The lowest BCUT2D eigenvalue weighted by molar-refractivity contribution is 1.20. The molecule has 0 saturated carbocycles. The highest BCUT2D eigenvalue weighted by molar-refractivity contribution is 5.28. The van der Waals surface area contributed by atoms with Gasteiger partial charge in [0.1, 0.15) is 0 Å². The molecule has 1 nitrogen and oxygen atoms in total. The third kappa shape index (κ3) is 0.416. The van der Waals surface area contributed by atoms with Crippen molar-refractivity contribution in [3.63, 3.8) is 0 Å². The van der Waals surface area contributed by atoms with E-state index in [2.05, 4.69) is 29.6 Å². The van der Waals surface area contributed by atoms with Crippen molar-refractivity contribution in [2.75, 3.05) is 0 Å². The van der Waals surface area contributed by atoms with Crippen molar-refractivity contribution in [3.8, 4) is 0 Å². The van der Waals surface area contributed by atoms with Crippen molar-refractivity contribution >= 4 is 0 Å². The van der Waals surface area contributed by atoms with Gasteiger partial charge in [0.05, 0.1) is 0 Å². The fourth-order valence-corrected chi connectivity index (χ4v) is 0.885. The molecule has 1 N–H and O–H groups in total. The maximum atomic E-state index is 3.26. The van der Waals surface area contributed by atoms with Crippen LogP contribution in [0.3, 0.4) is 0 Å². The van der Waals surface area contributed by atoms with E-state index in [1.807, 2.05) is 0 Å². The van der Waals surface area contributed by atoms with Crippen LogP contribution in [-0.2, 0) is 0 Å². The zero-order valence-corrected chi connectivity index (χ0v) is 3.96. The van der Waals surface area contributed by atoms with Gasteiger partial charge in [0, 0.05) is 12.1 Å². The van der Waals surface area contributed by atoms with E-state index in [0.29, 0.717) is 12.1 Å². The Balaban J connectivity index is 2.28. The van der Waals surface area contributed by atoms with Crippen LogP contribution in [0.4, 0.5) is 0 Å². The van der Waals surface area contributed by atoms with Gasteiger partial charge < -0.3 is 5.32 Å². The Kier molecular flexibility index (Phi) is 0.484. The molecule has 36 valence electrons. The molecule has 1 aliphatic heterocycles. The molecule has 0 bridgehead atoms. The lowest BCUT2D eigenvalue weighted by Gasteiger charge is -1.84. The van der Waals surface area contributed by atoms with Crippen molar-refractivity contribution in [1.82, 2.24) is 5.32 Å². The van der Waals surface area contributed by atoms with Crippen LogP contribution >= 0.6 is 0 Å². The average molecular weight is 93.1 g/mol. The van der Waals surface area contributed by atoms with Gasteiger partial charge in [-0.05, 0) is 0 Å². The van der Waals surface area contributed by atoms with E-state index >= 15 is 0 Å². The Morgan fingerprint density at radius 1 is 1.00 bits per heavy atom. The first-order valence-corrected chi connectivity index (χ1v) is 2.58. The van der Waals surface area contributed by atoms with E-state index in [-0.39, 0.29) is 0 Å². The second-order valence-electron chi connectivity index (χ2n) is 1.99. The van der Waals surface area contributed by atoms with Crippen LogP contribution in [0.1, 0.15) is 0 Å². The van der Waals surface area contributed by atoms with Gasteiger partial charge in [-0.15, -0.1) is 0 Å². The van der Waals surface area contributed by atoms with Gasteiger partial charge in [0.15, 0.2) is 0 Å². The van der Waals surface area contributed by atoms with Crippen LogP contribution in [-0.4, -0.2) is 12.1 Å². The molecule has 2 aliphatic rings. The summed E-state index contributed by atoms with van der Waals surface area (Å²) < 4.78 is 0. The summed E-state index contributed by atoms with van der Waals surface area (Å²) in [5.74, 6) is 0. The largest absolute Gasteiger partial charge is 0.301 e. The van der Waals surface area contributed by atoms with Gasteiger partial charge in [-0.3, -0.25) is 0 Å². The lowest BCUT2D eigenvalue weighted by atomic mass is 10.2. The predicted molar refractivity (Wildman–Crippen MR) is 29.0 cm³/mol. The Labute approximate surface area is 42.7 Å². The summed E-state index contributed by atoms with van der Waals surface area (Å²) in [7, 11) is 0. The minimum absolute atomic E-state index is 0.685. The van der Waals surface area contributed by atoms with Crippen LogP contribution in [0.25, 0.3) is 0 Å². The Bertz CT molecular complexity index is 119. The van der Waals surface area contributed by atoms with Crippen LogP contribution in [0.5, 0.6) is 0 Å². The van der Waals surface area contributed by atoms with Crippen molar-refractivity contribution in [3.05, 3.63) is 24.3 Å². The molecule has 0 aromatic rings. The normalized spacial score (nSPS) is 43.4. The number of hydrogen-bond donors (Lipinski definition) is 1. The predicted octanol–water partition coefficient (Wildman–Crippen LogP) is 0.453. The smallest absolute Gasteiger partial charge is 0.0450 e. The third-order valence-electron chi connectivity index (χ3n) is 1.41. The highest BCUT2D eigenvalue weighted by Crippen LogP contribution is 2.16. The highest BCUT2D eigenvalue weighted by atomic mass is 15.1. The van der Waals surface area contributed by atoms with Gasteiger partial charge >= 0.3 is 0 Å².